The van der Waals surface area contributed by atoms with Gasteiger partial charge in [-0.1, -0.05) is 6.07 Å². The summed E-state index contributed by atoms with van der Waals surface area (Å²) in [6, 6.07) is 3.73. The third-order valence-electron chi connectivity index (χ3n) is 4.90. The number of carbonyl (C=O) groups excluding carboxylic acids is 1. The van der Waals surface area contributed by atoms with Crippen molar-refractivity contribution in [3.63, 3.8) is 0 Å². The molecule has 3 rings (SSSR count). The molecule has 0 saturated carbocycles. The Morgan fingerprint density at radius 2 is 1.96 bits per heavy atom. The molecule has 1 atom stereocenters. The van der Waals surface area contributed by atoms with Crippen LogP contribution in [0.1, 0.15) is 26.2 Å². The maximum atomic E-state index is 12.5. The van der Waals surface area contributed by atoms with Gasteiger partial charge in [0, 0.05) is 38.8 Å². The fraction of sp³-hybridized carbons (Fsp3) is 0.688. The number of carbonyl (C=O) groups is 1. The zero-order valence-corrected chi connectivity index (χ0v) is 15.7. The van der Waals surface area contributed by atoms with Crippen molar-refractivity contribution >= 4 is 27.3 Å². The standard InChI is InChI=1S/C16H25N3O3S2/c1-14-5-2-3-7-19(14)15(20)13-17-8-10-18(11-9-17)24(21,22)16-6-4-12-23-16/h4,6,12,14H,2-3,5,7-11,13H2,1H3/t14-/m1/s1. The monoisotopic (exact) mass is 371 g/mol. The van der Waals surface area contributed by atoms with Crippen molar-refractivity contribution in [2.24, 2.45) is 0 Å². The lowest BCUT2D eigenvalue weighted by Gasteiger charge is -2.37. The number of amides is 1. The molecule has 0 aliphatic carbocycles. The minimum absolute atomic E-state index is 0.178. The van der Waals surface area contributed by atoms with Crippen LogP contribution in [-0.2, 0) is 14.8 Å². The second-order valence-electron chi connectivity index (χ2n) is 6.54. The highest BCUT2D eigenvalue weighted by molar-refractivity contribution is 7.91. The minimum atomic E-state index is -3.37. The Morgan fingerprint density at radius 3 is 2.58 bits per heavy atom. The molecular weight excluding hydrogens is 346 g/mol. The lowest BCUT2D eigenvalue weighted by atomic mass is 10.0. The molecule has 1 aromatic heterocycles. The second-order valence-corrected chi connectivity index (χ2v) is 9.66. The van der Waals surface area contributed by atoms with E-state index in [-0.39, 0.29) is 5.91 Å². The van der Waals surface area contributed by atoms with Crippen LogP contribution in [0.15, 0.2) is 21.7 Å². The van der Waals surface area contributed by atoms with Crippen molar-refractivity contribution in [3.8, 4) is 0 Å². The van der Waals surface area contributed by atoms with Gasteiger partial charge in [-0.15, -0.1) is 11.3 Å². The van der Waals surface area contributed by atoms with Crippen LogP contribution in [0.3, 0.4) is 0 Å². The largest absolute Gasteiger partial charge is 0.339 e. The first-order chi connectivity index (χ1) is 11.5. The third-order valence-corrected chi connectivity index (χ3v) is 8.17. The molecule has 2 aliphatic rings. The molecule has 2 fully saturated rings. The van der Waals surface area contributed by atoms with Gasteiger partial charge in [-0.05, 0) is 37.6 Å². The number of thiophene rings is 1. The van der Waals surface area contributed by atoms with Gasteiger partial charge in [-0.2, -0.15) is 4.31 Å². The van der Waals surface area contributed by atoms with E-state index in [0.717, 1.165) is 19.4 Å². The van der Waals surface area contributed by atoms with Crippen molar-refractivity contribution in [2.75, 3.05) is 39.3 Å². The van der Waals surface area contributed by atoms with Gasteiger partial charge in [0.05, 0.1) is 6.54 Å². The quantitative estimate of drug-likeness (QED) is 0.804. The SMILES string of the molecule is C[C@@H]1CCCCN1C(=O)CN1CCN(S(=O)(=O)c2cccs2)CC1. The van der Waals surface area contributed by atoms with Gasteiger partial charge in [0.25, 0.3) is 10.0 Å². The highest BCUT2D eigenvalue weighted by atomic mass is 32.2. The highest BCUT2D eigenvalue weighted by Crippen LogP contribution is 2.22. The Kier molecular flexibility index (Phi) is 5.59. The summed E-state index contributed by atoms with van der Waals surface area (Å²) < 4.78 is 26.9. The molecule has 0 unspecified atom stereocenters. The number of nitrogens with zero attached hydrogens (tertiary/aromatic N) is 3. The summed E-state index contributed by atoms with van der Waals surface area (Å²) in [5, 5.41) is 1.78. The van der Waals surface area contributed by atoms with Crippen molar-refractivity contribution in [2.45, 2.75) is 36.4 Å². The molecule has 3 heterocycles. The van der Waals surface area contributed by atoms with Crippen LogP contribution in [-0.4, -0.2) is 73.7 Å². The molecule has 0 radical (unpaired) electrons. The van der Waals surface area contributed by atoms with Gasteiger partial charge in [0.2, 0.25) is 5.91 Å². The van der Waals surface area contributed by atoms with E-state index in [1.165, 1.54) is 22.1 Å². The number of rotatable bonds is 4. The van der Waals surface area contributed by atoms with Crippen LogP contribution in [0.2, 0.25) is 0 Å². The molecule has 134 valence electrons. The van der Waals surface area contributed by atoms with E-state index >= 15 is 0 Å². The molecule has 6 nitrogen and oxygen atoms in total. The molecule has 2 saturated heterocycles. The topological polar surface area (TPSA) is 60.9 Å². The van der Waals surface area contributed by atoms with Crippen molar-refractivity contribution < 1.29 is 13.2 Å². The first kappa shape index (κ1) is 17.8. The van der Waals surface area contributed by atoms with Crippen LogP contribution in [0.25, 0.3) is 0 Å². The van der Waals surface area contributed by atoms with Crippen LogP contribution in [0.5, 0.6) is 0 Å². The summed E-state index contributed by atoms with van der Waals surface area (Å²) in [7, 11) is -3.37. The molecule has 1 amide bonds. The van der Waals surface area contributed by atoms with E-state index in [2.05, 4.69) is 11.8 Å². The van der Waals surface area contributed by atoms with Gasteiger partial charge < -0.3 is 4.90 Å². The highest BCUT2D eigenvalue weighted by Gasteiger charge is 2.31. The maximum Gasteiger partial charge on any atom is 0.252 e. The molecule has 0 spiro atoms. The van der Waals surface area contributed by atoms with E-state index < -0.39 is 10.0 Å². The average molecular weight is 372 g/mol. The van der Waals surface area contributed by atoms with E-state index in [0.29, 0.717) is 43.0 Å². The Labute approximate surface area is 148 Å². The van der Waals surface area contributed by atoms with Gasteiger partial charge in [0.1, 0.15) is 4.21 Å². The summed E-state index contributed by atoms with van der Waals surface area (Å²) in [6.45, 7) is 5.48. The van der Waals surface area contributed by atoms with Crippen LogP contribution >= 0.6 is 11.3 Å². The number of sulfonamides is 1. The van der Waals surface area contributed by atoms with Crippen molar-refractivity contribution in [1.29, 1.82) is 0 Å². The number of likely N-dealkylation sites (tertiary alicyclic amines) is 1. The summed E-state index contributed by atoms with van der Waals surface area (Å²) >= 11 is 1.25. The van der Waals surface area contributed by atoms with Gasteiger partial charge in [-0.25, -0.2) is 8.42 Å². The zero-order valence-electron chi connectivity index (χ0n) is 14.1. The Hall–Kier alpha value is -0.960. The second kappa shape index (κ2) is 7.51. The molecule has 24 heavy (non-hydrogen) atoms. The van der Waals surface area contributed by atoms with Crippen molar-refractivity contribution in [3.05, 3.63) is 17.5 Å². The van der Waals surface area contributed by atoms with E-state index in [1.807, 2.05) is 4.90 Å². The molecule has 1 aromatic rings. The molecular formula is C16H25N3O3S2. The molecule has 8 heteroatoms. The smallest absolute Gasteiger partial charge is 0.252 e. The van der Waals surface area contributed by atoms with Crippen LogP contribution in [0, 0.1) is 0 Å². The van der Waals surface area contributed by atoms with Crippen LogP contribution in [0.4, 0.5) is 0 Å². The fourth-order valence-electron chi connectivity index (χ4n) is 3.42. The fourth-order valence-corrected chi connectivity index (χ4v) is 5.98. The Bertz CT molecular complexity index is 652. The minimum Gasteiger partial charge on any atom is -0.339 e. The van der Waals surface area contributed by atoms with Crippen molar-refractivity contribution in [1.82, 2.24) is 14.1 Å². The predicted molar refractivity (Wildman–Crippen MR) is 94.5 cm³/mol. The number of piperidine rings is 1. The van der Waals surface area contributed by atoms with Gasteiger partial charge >= 0.3 is 0 Å². The first-order valence-electron chi connectivity index (χ1n) is 8.54. The number of hydrogen-bond donors (Lipinski definition) is 0. The Balaban J connectivity index is 1.53. The van der Waals surface area contributed by atoms with E-state index in [1.54, 1.807) is 17.5 Å². The normalized spacial score (nSPS) is 24.2. The Morgan fingerprint density at radius 1 is 1.21 bits per heavy atom. The number of hydrogen-bond acceptors (Lipinski definition) is 5. The molecule has 0 N–H and O–H groups in total. The zero-order chi connectivity index (χ0) is 17.2. The average Bonchev–Trinajstić information content (AvgIpc) is 3.11. The molecule has 0 bridgehead atoms. The van der Waals surface area contributed by atoms with E-state index in [9.17, 15) is 13.2 Å². The van der Waals surface area contributed by atoms with Gasteiger partial charge in [-0.3, -0.25) is 9.69 Å². The lowest BCUT2D eigenvalue weighted by Crippen LogP contribution is -2.53. The molecule has 0 aromatic carbocycles. The summed E-state index contributed by atoms with van der Waals surface area (Å²) in [6.07, 6.45) is 3.37. The van der Waals surface area contributed by atoms with E-state index in [4.69, 9.17) is 0 Å². The van der Waals surface area contributed by atoms with Gasteiger partial charge in [0.15, 0.2) is 0 Å². The predicted octanol–water partition coefficient (Wildman–Crippen LogP) is 1.46. The van der Waals surface area contributed by atoms with Crippen LogP contribution < -0.4 is 0 Å². The third kappa shape index (κ3) is 3.82. The number of piperazine rings is 1. The maximum absolute atomic E-state index is 12.5. The summed E-state index contributed by atoms with van der Waals surface area (Å²) in [4.78, 5) is 16.6. The lowest BCUT2D eigenvalue weighted by molar-refractivity contribution is -0.135. The first-order valence-corrected chi connectivity index (χ1v) is 10.9. The molecule has 2 aliphatic heterocycles. The summed E-state index contributed by atoms with van der Waals surface area (Å²) in [5.74, 6) is 0.178. The summed E-state index contributed by atoms with van der Waals surface area (Å²) in [5.41, 5.74) is 0.